The predicted octanol–water partition coefficient (Wildman–Crippen LogP) is 3.86. The Labute approximate surface area is 162 Å². The summed E-state index contributed by atoms with van der Waals surface area (Å²) in [5, 5.41) is 17.5. The molecule has 0 aromatic heterocycles. The van der Waals surface area contributed by atoms with E-state index < -0.39 is 4.92 Å². The molecule has 0 spiro atoms. The summed E-state index contributed by atoms with van der Waals surface area (Å²) in [5.41, 5.74) is 3.83. The second-order valence-electron chi connectivity index (χ2n) is 7.04. The average Bonchev–Trinajstić information content (AvgIpc) is 3.12. The van der Waals surface area contributed by atoms with Gasteiger partial charge in [0, 0.05) is 30.0 Å². The van der Waals surface area contributed by atoms with Gasteiger partial charge in [-0.25, -0.2) is 5.01 Å². The molecule has 2 aromatic carbocycles. The fourth-order valence-corrected chi connectivity index (χ4v) is 4.15. The second-order valence-corrected chi connectivity index (χ2v) is 7.04. The number of amides is 1. The van der Waals surface area contributed by atoms with Crippen LogP contribution in [-0.2, 0) is 11.2 Å². The largest absolute Gasteiger partial charge is 0.497 e. The number of hydrogen-bond acceptors (Lipinski definition) is 5. The molecule has 2 atom stereocenters. The number of nitrogens with zero attached hydrogens (tertiary/aromatic N) is 3. The smallest absolute Gasteiger partial charge is 0.269 e. The van der Waals surface area contributed by atoms with Crippen molar-refractivity contribution in [2.24, 2.45) is 11.0 Å². The van der Waals surface area contributed by atoms with Gasteiger partial charge in [-0.2, -0.15) is 5.10 Å². The van der Waals surface area contributed by atoms with Crippen LogP contribution in [0.25, 0.3) is 0 Å². The number of hydrogen-bond donors (Lipinski definition) is 0. The van der Waals surface area contributed by atoms with Crippen molar-refractivity contribution in [2.75, 3.05) is 7.11 Å². The number of methoxy groups -OCH3 is 1. The van der Waals surface area contributed by atoms with Crippen LogP contribution in [0.5, 0.6) is 5.75 Å². The zero-order valence-electron chi connectivity index (χ0n) is 15.8. The zero-order chi connectivity index (χ0) is 19.8. The van der Waals surface area contributed by atoms with Crippen LogP contribution >= 0.6 is 0 Å². The van der Waals surface area contributed by atoms with Gasteiger partial charge in [0.05, 0.1) is 23.8 Å². The van der Waals surface area contributed by atoms with Crippen LogP contribution in [0.1, 0.15) is 42.5 Å². The maximum absolute atomic E-state index is 12.6. The molecule has 0 N–H and O–H groups in total. The molecule has 0 radical (unpaired) electrons. The van der Waals surface area contributed by atoms with E-state index in [1.54, 1.807) is 26.2 Å². The number of benzene rings is 2. The monoisotopic (exact) mass is 379 g/mol. The van der Waals surface area contributed by atoms with Crippen molar-refractivity contribution in [2.45, 2.75) is 32.2 Å². The van der Waals surface area contributed by atoms with E-state index in [0.717, 1.165) is 41.0 Å². The van der Waals surface area contributed by atoms with E-state index in [9.17, 15) is 14.9 Å². The van der Waals surface area contributed by atoms with E-state index in [1.165, 1.54) is 11.1 Å². The molecule has 1 amide bonds. The highest BCUT2D eigenvalue weighted by molar-refractivity contribution is 6.07. The fraction of sp³-hybridized carbons (Fsp3) is 0.333. The third-order valence-corrected chi connectivity index (χ3v) is 5.50. The molecule has 0 saturated carbocycles. The zero-order valence-corrected chi connectivity index (χ0v) is 15.8. The molecule has 0 fully saturated rings. The molecule has 4 rings (SSSR count). The van der Waals surface area contributed by atoms with Gasteiger partial charge < -0.3 is 4.74 Å². The van der Waals surface area contributed by atoms with E-state index in [0.29, 0.717) is 6.42 Å². The third-order valence-electron chi connectivity index (χ3n) is 5.50. The fourth-order valence-electron chi connectivity index (χ4n) is 4.15. The Kier molecular flexibility index (Phi) is 4.58. The van der Waals surface area contributed by atoms with Gasteiger partial charge >= 0.3 is 0 Å². The Morgan fingerprint density at radius 2 is 2.14 bits per heavy atom. The molecule has 28 heavy (non-hydrogen) atoms. The van der Waals surface area contributed by atoms with Crippen LogP contribution in [0.15, 0.2) is 47.6 Å². The van der Waals surface area contributed by atoms with Crippen LogP contribution < -0.4 is 4.74 Å². The summed E-state index contributed by atoms with van der Waals surface area (Å²) in [6.07, 6.45) is 1.99. The third kappa shape index (κ3) is 2.93. The molecule has 1 heterocycles. The van der Waals surface area contributed by atoms with E-state index in [4.69, 9.17) is 9.84 Å². The molecule has 2 aliphatic rings. The Hall–Kier alpha value is -3.22. The Morgan fingerprint density at radius 1 is 1.32 bits per heavy atom. The van der Waals surface area contributed by atoms with E-state index in [-0.39, 0.29) is 23.6 Å². The summed E-state index contributed by atoms with van der Waals surface area (Å²) in [7, 11) is 1.64. The lowest BCUT2D eigenvalue weighted by atomic mass is 9.77. The van der Waals surface area contributed by atoms with Crippen LogP contribution in [0.3, 0.4) is 0 Å². The molecule has 1 aliphatic heterocycles. The van der Waals surface area contributed by atoms with Crippen LogP contribution in [0.2, 0.25) is 0 Å². The molecule has 0 unspecified atom stereocenters. The number of ether oxygens (including phenoxy) is 1. The number of rotatable bonds is 4. The molecule has 144 valence electrons. The molecule has 2 aromatic rings. The number of carbonyl (C=O) groups is 1. The molecular weight excluding hydrogens is 358 g/mol. The van der Waals surface area contributed by atoms with Crippen molar-refractivity contribution < 1.29 is 14.5 Å². The minimum atomic E-state index is -0.408. The number of non-ortho nitro benzene ring substituents is 1. The Balaban J connectivity index is 1.79. The van der Waals surface area contributed by atoms with Gasteiger partial charge in [0.1, 0.15) is 5.75 Å². The predicted molar refractivity (Wildman–Crippen MR) is 104 cm³/mol. The van der Waals surface area contributed by atoms with E-state index >= 15 is 0 Å². The van der Waals surface area contributed by atoms with Gasteiger partial charge in [-0.15, -0.1) is 0 Å². The Bertz CT molecular complexity index is 985. The highest BCUT2D eigenvalue weighted by Gasteiger charge is 2.43. The minimum Gasteiger partial charge on any atom is -0.497 e. The minimum absolute atomic E-state index is 0.0124. The first-order valence-corrected chi connectivity index (χ1v) is 9.35. The molecule has 0 saturated heterocycles. The number of nitro benzene ring substituents is 1. The van der Waals surface area contributed by atoms with Crippen molar-refractivity contribution in [3.05, 3.63) is 69.3 Å². The van der Waals surface area contributed by atoms with Crippen LogP contribution in [0.4, 0.5) is 5.69 Å². The van der Waals surface area contributed by atoms with Crippen molar-refractivity contribution in [1.82, 2.24) is 5.01 Å². The van der Waals surface area contributed by atoms with Crippen molar-refractivity contribution in [3.63, 3.8) is 0 Å². The lowest BCUT2D eigenvalue weighted by molar-refractivity contribution is -0.385. The molecule has 1 aliphatic carbocycles. The maximum atomic E-state index is 12.6. The Morgan fingerprint density at radius 3 is 2.86 bits per heavy atom. The second kappa shape index (κ2) is 7.07. The van der Waals surface area contributed by atoms with Crippen molar-refractivity contribution in [3.8, 4) is 5.75 Å². The lowest BCUT2D eigenvalue weighted by Gasteiger charge is -2.29. The molecule has 0 bridgehead atoms. The first-order chi connectivity index (χ1) is 13.5. The lowest BCUT2D eigenvalue weighted by Crippen LogP contribution is -2.31. The van der Waals surface area contributed by atoms with E-state index in [1.807, 2.05) is 24.3 Å². The highest BCUT2D eigenvalue weighted by Crippen LogP contribution is 2.44. The maximum Gasteiger partial charge on any atom is 0.269 e. The van der Waals surface area contributed by atoms with Gasteiger partial charge in [-0.05, 0) is 42.2 Å². The summed E-state index contributed by atoms with van der Waals surface area (Å²) in [6, 6.07) is 12.1. The summed E-state index contributed by atoms with van der Waals surface area (Å²) in [6.45, 7) is 1.80. The first-order valence-electron chi connectivity index (χ1n) is 9.35. The number of aryl methyl sites for hydroxylation is 1. The highest BCUT2D eigenvalue weighted by atomic mass is 16.6. The number of nitro groups is 1. The van der Waals surface area contributed by atoms with Crippen LogP contribution in [-0.4, -0.2) is 28.7 Å². The summed E-state index contributed by atoms with van der Waals surface area (Å²) >= 11 is 0. The quantitative estimate of drug-likeness (QED) is 0.596. The summed E-state index contributed by atoms with van der Waals surface area (Å²) in [5.74, 6) is 0.722. The van der Waals surface area contributed by atoms with Crippen LogP contribution in [0, 0.1) is 16.0 Å². The summed E-state index contributed by atoms with van der Waals surface area (Å²) in [4.78, 5) is 23.5. The van der Waals surface area contributed by atoms with Gasteiger partial charge in [-0.1, -0.05) is 19.1 Å². The SMILES string of the molecule is CCC(=O)N1N=C2c3ccc(OC)cc3CC[C@@H]2[C@@H]1c1cccc([N+](=O)[O-])c1. The van der Waals surface area contributed by atoms with Crippen molar-refractivity contribution >= 4 is 17.3 Å². The standard InChI is InChI=1S/C21H21N3O4/c1-3-19(25)23-21(14-5-4-6-15(11-14)24(26)27)18-9-7-13-12-16(28-2)8-10-17(13)20(18)22-23/h4-6,8,10-12,18,21H,3,7,9H2,1-2H3/t18-,21-/m0/s1. The van der Waals surface area contributed by atoms with Gasteiger partial charge in [0.2, 0.25) is 5.91 Å². The van der Waals surface area contributed by atoms with E-state index in [2.05, 4.69) is 0 Å². The molecule has 7 heteroatoms. The van der Waals surface area contributed by atoms with Gasteiger partial charge in [-0.3, -0.25) is 14.9 Å². The summed E-state index contributed by atoms with van der Waals surface area (Å²) < 4.78 is 5.33. The van der Waals surface area contributed by atoms with Gasteiger partial charge in [0.25, 0.3) is 5.69 Å². The normalized spacial score (nSPS) is 20.2. The molecular formula is C21H21N3O4. The topological polar surface area (TPSA) is 85.0 Å². The average molecular weight is 379 g/mol. The molecule has 7 nitrogen and oxygen atoms in total. The number of fused-ring (bicyclic) bond motifs is 3. The van der Waals surface area contributed by atoms with Gasteiger partial charge in [0.15, 0.2) is 0 Å². The first kappa shape index (κ1) is 18.2. The number of carbonyl (C=O) groups excluding carboxylic acids is 1. The van der Waals surface area contributed by atoms with Crippen molar-refractivity contribution in [1.29, 1.82) is 0 Å². The number of hydrazone groups is 1.